The summed E-state index contributed by atoms with van der Waals surface area (Å²) in [6.07, 6.45) is 0.855. The second kappa shape index (κ2) is 10.3. The molecule has 4 atom stereocenters. The van der Waals surface area contributed by atoms with Gasteiger partial charge in [0, 0.05) is 32.2 Å². The molecule has 0 bridgehead atoms. The Balaban J connectivity index is 1.40. The molecule has 4 fully saturated rings. The van der Waals surface area contributed by atoms with Crippen LogP contribution in [0.25, 0.3) is 0 Å². The molecule has 0 saturated carbocycles. The van der Waals surface area contributed by atoms with Crippen molar-refractivity contribution < 1.29 is 33.8 Å². The Kier molecular flexibility index (Phi) is 7.56. The highest BCUT2D eigenvalue weighted by atomic mass is 16.6. The van der Waals surface area contributed by atoms with Gasteiger partial charge in [-0.05, 0) is 52.9 Å². The van der Waals surface area contributed by atoms with Gasteiger partial charge < -0.3 is 34.6 Å². The fourth-order valence-electron chi connectivity index (χ4n) is 5.44. The molecule has 0 aliphatic carbocycles. The number of morpholine rings is 1. The maximum Gasteiger partial charge on any atom is 0.408 e. The minimum atomic E-state index is -0.872. The lowest BCUT2D eigenvalue weighted by Crippen LogP contribution is -2.63. The third kappa shape index (κ3) is 5.88. The highest BCUT2D eigenvalue weighted by molar-refractivity contribution is 5.93. The number of rotatable bonds is 3. The van der Waals surface area contributed by atoms with Crippen molar-refractivity contribution in [3.63, 3.8) is 0 Å². The van der Waals surface area contributed by atoms with Crippen LogP contribution in [0.2, 0.25) is 0 Å². The van der Waals surface area contributed by atoms with Crippen LogP contribution in [-0.2, 0) is 23.9 Å². The summed E-state index contributed by atoms with van der Waals surface area (Å²) < 4.78 is 10.6. The van der Waals surface area contributed by atoms with Gasteiger partial charge in [0.15, 0.2) is 0 Å². The molecule has 4 aliphatic heterocycles. The van der Waals surface area contributed by atoms with Gasteiger partial charge in [-0.2, -0.15) is 0 Å². The molecule has 4 aliphatic rings. The number of nitrogens with zero attached hydrogens (tertiary/aromatic N) is 3. The average molecular weight is 495 g/mol. The summed E-state index contributed by atoms with van der Waals surface area (Å²) >= 11 is 0. The number of amides is 4. The van der Waals surface area contributed by atoms with Gasteiger partial charge in [-0.1, -0.05) is 0 Å². The number of carbonyl (C=O) groups is 4. The molecule has 0 radical (unpaired) electrons. The number of ether oxygens (including phenoxy) is 2. The number of nitrogens with one attached hydrogen (secondary N) is 1. The van der Waals surface area contributed by atoms with E-state index in [4.69, 9.17) is 9.47 Å². The van der Waals surface area contributed by atoms with Gasteiger partial charge >= 0.3 is 6.09 Å². The van der Waals surface area contributed by atoms with Gasteiger partial charge in [-0.3, -0.25) is 14.4 Å². The molecular formula is C24H38N4O7. The van der Waals surface area contributed by atoms with Crippen molar-refractivity contribution in [2.45, 2.75) is 82.7 Å². The number of aliphatic hydroxyl groups is 1. The molecule has 0 aromatic carbocycles. The van der Waals surface area contributed by atoms with Crippen LogP contribution in [0.4, 0.5) is 4.79 Å². The highest BCUT2D eigenvalue weighted by Crippen LogP contribution is 2.34. The Labute approximate surface area is 206 Å². The molecule has 11 heteroatoms. The zero-order valence-corrected chi connectivity index (χ0v) is 20.9. The summed E-state index contributed by atoms with van der Waals surface area (Å²) in [6.45, 7) is 8.14. The van der Waals surface area contributed by atoms with E-state index in [2.05, 4.69) is 5.32 Å². The number of aliphatic hydroxyl groups excluding tert-OH is 1. The summed E-state index contributed by atoms with van der Waals surface area (Å²) in [5.74, 6) is -0.655. The number of carbonyl (C=O) groups excluding carboxylic acids is 4. The van der Waals surface area contributed by atoms with Gasteiger partial charge in [0.1, 0.15) is 17.7 Å². The normalized spacial score (nSPS) is 30.2. The highest BCUT2D eigenvalue weighted by Gasteiger charge is 2.49. The number of hydrogen-bond donors (Lipinski definition) is 2. The molecule has 11 nitrogen and oxygen atoms in total. The second-order valence-corrected chi connectivity index (χ2v) is 11.0. The minimum Gasteiger partial charge on any atom is -0.444 e. The van der Waals surface area contributed by atoms with Crippen molar-refractivity contribution in [3.05, 3.63) is 0 Å². The van der Waals surface area contributed by atoms with Gasteiger partial charge in [0.25, 0.3) is 0 Å². The van der Waals surface area contributed by atoms with Crippen LogP contribution >= 0.6 is 0 Å². The van der Waals surface area contributed by atoms with Crippen LogP contribution in [0.3, 0.4) is 0 Å². The standard InChI is InChI=1S/C24H38N4O7/c1-24(2,3)35-23(33)25-18-6-5-17(29)12-16-4-7-19(28(16)21(18)31)22(32)27-13-15(14-27)20(30)26-8-10-34-11-9-26/h15-19,29H,4-14H2,1-3H3,(H,25,33)/t16-,17-,18+,19+/m1/s1. The first-order valence-corrected chi connectivity index (χ1v) is 12.7. The Morgan fingerprint density at radius 1 is 1.00 bits per heavy atom. The van der Waals surface area contributed by atoms with Crippen LogP contribution < -0.4 is 5.32 Å². The first kappa shape index (κ1) is 25.7. The number of likely N-dealkylation sites (tertiary alicyclic amines) is 1. The summed E-state index contributed by atoms with van der Waals surface area (Å²) in [6, 6.07) is -1.79. The lowest BCUT2D eigenvalue weighted by Gasteiger charge is -2.44. The van der Waals surface area contributed by atoms with Crippen LogP contribution in [0.15, 0.2) is 0 Å². The second-order valence-electron chi connectivity index (χ2n) is 11.0. The third-order valence-electron chi connectivity index (χ3n) is 7.23. The number of hydrogen-bond acceptors (Lipinski definition) is 7. The predicted molar refractivity (Wildman–Crippen MR) is 124 cm³/mol. The Morgan fingerprint density at radius 3 is 2.34 bits per heavy atom. The van der Waals surface area contributed by atoms with E-state index in [0.717, 1.165) is 0 Å². The van der Waals surface area contributed by atoms with Gasteiger partial charge in [0.2, 0.25) is 17.7 Å². The topological polar surface area (TPSA) is 129 Å². The van der Waals surface area contributed by atoms with Gasteiger partial charge in [-0.15, -0.1) is 0 Å². The molecule has 0 aromatic rings. The van der Waals surface area contributed by atoms with E-state index >= 15 is 0 Å². The maximum absolute atomic E-state index is 13.5. The monoisotopic (exact) mass is 494 g/mol. The van der Waals surface area contributed by atoms with Crippen LogP contribution in [0.1, 0.15) is 52.9 Å². The molecule has 196 valence electrons. The molecule has 35 heavy (non-hydrogen) atoms. The summed E-state index contributed by atoms with van der Waals surface area (Å²) in [4.78, 5) is 57.0. The van der Waals surface area contributed by atoms with Gasteiger partial charge in [0.05, 0.1) is 25.2 Å². The first-order chi connectivity index (χ1) is 16.5. The molecule has 4 heterocycles. The van der Waals surface area contributed by atoms with E-state index in [9.17, 15) is 24.3 Å². The van der Waals surface area contributed by atoms with Gasteiger partial charge in [-0.25, -0.2) is 4.79 Å². The molecule has 0 aromatic heterocycles. The van der Waals surface area contributed by atoms with E-state index in [-0.39, 0.29) is 36.1 Å². The van der Waals surface area contributed by atoms with Crippen LogP contribution in [-0.4, -0.2) is 113 Å². The summed E-state index contributed by atoms with van der Waals surface area (Å²) in [5, 5.41) is 13.1. The van der Waals surface area contributed by atoms with E-state index in [1.54, 1.807) is 35.5 Å². The number of fused-ring (bicyclic) bond motifs is 1. The lowest BCUT2D eigenvalue weighted by molar-refractivity contribution is -0.157. The van der Waals surface area contributed by atoms with E-state index in [1.165, 1.54) is 0 Å². The molecule has 4 rings (SSSR count). The fraction of sp³-hybridized carbons (Fsp3) is 0.833. The zero-order valence-electron chi connectivity index (χ0n) is 20.9. The molecule has 2 N–H and O–H groups in total. The van der Waals surface area contributed by atoms with E-state index in [0.29, 0.717) is 65.1 Å². The Hall–Kier alpha value is -2.40. The third-order valence-corrected chi connectivity index (χ3v) is 7.23. The van der Waals surface area contributed by atoms with Crippen molar-refractivity contribution in [1.29, 1.82) is 0 Å². The Bertz CT molecular complexity index is 832. The summed E-state index contributed by atoms with van der Waals surface area (Å²) in [5.41, 5.74) is -0.713. The largest absolute Gasteiger partial charge is 0.444 e. The molecule has 0 spiro atoms. The minimum absolute atomic E-state index is 0.0498. The molecule has 4 amide bonds. The zero-order chi connectivity index (χ0) is 25.3. The van der Waals surface area contributed by atoms with E-state index in [1.807, 2.05) is 0 Å². The number of alkyl carbamates (subject to hydrolysis) is 1. The van der Waals surface area contributed by atoms with Crippen molar-refractivity contribution in [1.82, 2.24) is 20.0 Å². The maximum atomic E-state index is 13.5. The fourth-order valence-corrected chi connectivity index (χ4v) is 5.44. The smallest absolute Gasteiger partial charge is 0.408 e. The van der Waals surface area contributed by atoms with Crippen molar-refractivity contribution in [2.75, 3.05) is 39.4 Å². The Morgan fingerprint density at radius 2 is 1.69 bits per heavy atom. The molecule has 4 saturated heterocycles. The van der Waals surface area contributed by atoms with E-state index < -0.39 is 29.9 Å². The quantitative estimate of drug-likeness (QED) is 0.569. The molecular weight excluding hydrogens is 456 g/mol. The first-order valence-electron chi connectivity index (χ1n) is 12.7. The average Bonchev–Trinajstić information content (AvgIpc) is 3.16. The SMILES string of the molecule is CC(C)(C)OC(=O)N[C@H]1CC[C@@H](O)C[C@H]2CC[C@@H](C(=O)N3CC(C(=O)N4CCOCC4)C3)N2C1=O. The van der Waals surface area contributed by atoms with Crippen LogP contribution in [0.5, 0.6) is 0 Å². The van der Waals surface area contributed by atoms with Crippen molar-refractivity contribution in [3.8, 4) is 0 Å². The summed E-state index contributed by atoms with van der Waals surface area (Å²) in [7, 11) is 0. The predicted octanol–water partition coefficient (Wildman–Crippen LogP) is 0.101. The van der Waals surface area contributed by atoms with Crippen molar-refractivity contribution in [2.24, 2.45) is 5.92 Å². The lowest BCUT2D eigenvalue weighted by atomic mass is 9.96. The molecule has 0 unspecified atom stereocenters. The van der Waals surface area contributed by atoms with Crippen molar-refractivity contribution >= 4 is 23.8 Å². The van der Waals surface area contributed by atoms with Crippen LogP contribution in [0, 0.1) is 5.92 Å².